The van der Waals surface area contributed by atoms with Gasteiger partial charge in [0.05, 0.1) is 0 Å². The third kappa shape index (κ3) is 2.23. The topological polar surface area (TPSA) is 29.1 Å². The van der Waals surface area contributed by atoms with Crippen LogP contribution in [-0.2, 0) is 11.2 Å². The maximum absolute atomic E-state index is 11.3. The maximum atomic E-state index is 11.3. The quantitative estimate of drug-likeness (QED) is 0.889. The van der Waals surface area contributed by atoms with Crippen LogP contribution in [0.3, 0.4) is 0 Å². The summed E-state index contributed by atoms with van der Waals surface area (Å²) in [5.41, 5.74) is 2.92. The van der Waals surface area contributed by atoms with E-state index in [9.17, 15) is 4.79 Å². The molecule has 1 aliphatic carbocycles. The molecule has 0 heterocycles. The number of carbonyl (C=O) groups is 1. The van der Waals surface area contributed by atoms with E-state index in [1.165, 1.54) is 21.9 Å². The van der Waals surface area contributed by atoms with E-state index in [0.29, 0.717) is 12.3 Å². The Labute approximate surface area is 113 Å². The van der Waals surface area contributed by atoms with Gasteiger partial charge in [-0.05, 0) is 40.7 Å². The van der Waals surface area contributed by atoms with Crippen molar-refractivity contribution < 1.29 is 4.79 Å². The summed E-state index contributed by atoms with van der Waals surface area (Å²) < 4.78 is 0. The SMILES string of the molecule is CCC(=O)NCC[C@@H]1Cc2cccc3cccc1c23. The molecular weight excluding hydrogens is 234 g/mol. The number of hydrogen-bond donors (Lipinski definition) is 1. The first-order chi connectivity index (χ1) is 9.29. The van der Waals surface area contributed by atoms with Gasteiger partial charge in [0, 0.05) is 13.0 Å². The fourth-order valence-corrected chi connectivity index (χ4v) is 3.10. The van der Waals surface area contributed by atoms with Gasteiger partial charge in [-0.1, -0.05) is 43.3 Å². The lowest BCUT2D eigenvalue weighted by Crippen LogP contribution is -2.24. The van der Waals surface area contributed by atoms with Crippen LogP contribution in [0.1, 0.15) is 36.8 Å². The van der Waals surface area contributed by atoms with Crippen molar-refractivity contribution in [2.45, 2.75) is 32.1 Å². The summed E-state index contributed by atoms with van der Waals surface area (Å²) in [4.78, 5) is 11.3. The highest BCUT2D eigenvalue weighted by molar-refractivity contribution is 5.91. The van der Waals surface area contributed by atoms with E-state index < -0.39 is 0 Å². The van der Waals surface area contributed by atoms with Crippen LogP contribution in [-0.4, -0.2) is 12.5 Å². The predicted octanol–water partition coefficient (Wildman–Crippen LogP) is 3.40. The molecule has 0 radical (unpaired) electrons. The molecule has 19 heavy (non-hydrogen) atoms. The average molecular weight is 253 g/mol. The standard InChI is InChI=1S/C17H19NO/c1-2-16(19)18-10-9-13-11-14-7-3-5-12-6-4-8-15(13)17(12)14/h3-8,13H,2,9-11H2,1H3,(H,18,19)/t13-/m1/s1. The van der Waals surface area contributed by atoms with E-state index in [2.05, 4.69) is 41.7 Å². The molecule has 0 fully saturated rings. The van der Waals surface area contributed by atoms with Crippen molar-refractivity contribution in [1.82, 2.24) is 5.32 Å². The molecule has 2 aromatic rings. The van der Waals surface area contributed by atoms with Crippen LogP contribution in [0.4, 0.5) is 0 Å². The minimum Gasteiger partial charge on any atom is -0.356 e. The zero-order valence-corrected chi connectivity index (χ0v) is 11.3. The van der Waals surface area contributed by atoms with Gasteiger partial charge in [0.1, 0.15) is 0 Å². The Bertz CT molecular complexity index is 612. The third-order valence-corrected chi connectivity index (χ3v) is 4.07. The molecule has 1 N–H and O–H groups in total. The number of amides is 1. The van der Waals surface area contributed by atoms with Gasteiger partial charge in [-0.25, -0.2) is 0 Å². The maximum Gasteiger partial charge on any atom is 0.219 e. The Morgan fingerprint density at radius 3 is 2.84 bits per heavy atom. The number of nitrogens with one attached hydrogen (secondary N) is 1. The second-order valence-corrected chi connectivity index (χ2v) is 5.26. The molecule has 0 bridgehead atoms. The van der Waals surface area contributed by atoms with E-state index >= 15 is 0 Å². The molecule has 0 spiro atoms. The zero-order chi connectivity index (χ0) is 13.2. The fraction of sp³-hybridized carbons (Fsp3) is 0.353. The van der Waals surface area contributed by atoms with Gasteiger partial charge in [-0.2, -0.15) is 0 Å². The molecule has 2 aromatic carbocycles. The molecule has 1 atom stereocenters. The van der Waals surface area contributed by atoms with E-state index in [0.717, 1.165) is 19.4 Å². The lowest BCUT2D eigenvalue weighted by Gasteiger charge is -2.12. The normalized spacial score (nSPS) is 16.8. The lowest BCUT2D eigenvalue weighted by atomic mass is 9.97. The monoisotopic (exact) mass is 253 g/mol. The van der Waals surface area contributed by atoms with Gasteiger partial charge in [0.25, 0.3) is 0 Å². The lowest BCUT2D eigenvalue weighted by molar-refractivity contribution is -0.120. The summed E-state index contributed by atoms with van der Waals surface area (Å²) in [6.45, 7) is 2.67. The van der Waals surface area contributed by atoms with Crippen molar-refractivity contribution in [1.29, 1.82) is 0 Å². The molecule has 3 rings (SSSR count). The molecule has 1 aliphatic rings. The van der Waals surface area contributed by atoms with Crippen molar-refractivity contribution >= 4 is 16.7 Å². The first-order valence-electron chi connectivity index (χ1n) is 7.07. The van der Waals surface area contributed by atoms with Gasteiger partial charge in [0.2, 0.25) is 5.91 Å². The number of hydrogen-bond acceptors (Lipinski definition) is 1. The molecule has 0 saturated carbocycles. The molecule has 0 aliphatic heterocycles. The van der Waals surface area contributed by atoms with Crippen LogP contribution in [0.25, 0.3) is 10.8 Å². The van der Waals surface area contributed by atoms with Crippen LogP contribution in [0.5, 0.6) is 0 Å². The number of carbonyl (C=O) groups excluding carboxylic acids is 1. The van der Waals surface area contributed by atoms with Gasteiger partial charge in [-0.3, -0.25) is 4.79 Å². The summed E-state index contributed by atoms with van der Waals surface area (Å²) in [6, 6.07) is 13.1. The van der Waals surface area contributed by atoms with Crippen LogP contribution >= 0.6 is 0 Å². The van der Waals surface area contributed by atoms with Gasteiger partial charge in [0.15, 0.2) is 0 Å². The molecule has 2 nitrogen and oxygen atoms in total. The summed E-state index contributed by atoms with van der Waals surface area (Å²) in [5.74, 6) is 0.701. The van der Waals surface area contributed by atoms with Crippen LogP contribution < -0.4 is 5.32 Å². The zero-order valence-electron chi connectivity index (χ0n) is 11.3. The molecule has 0 saturated heterocycles. The van der Waals surface area contributed by atoms with Gasteiger partial charge >= 0.3 is 0 Å². The average Bonchev–Trinajstić information content (AvgIpc) is 2.80. The first kappa shape index (κ1) is 12.2. The molecular formula is C17H19NO. The Hall–Kier alpha value is -1.83. The summed E-state index contributed by atoms with van der Waals surface area (Å²) in [7, 11) is 0. The van der Waals surface area contributed by atoms with Crippen LogP contribution in [0.2, 0.25) is 0 Å². The Morgan fingerprint density at radius 2 is 2.05 bits per heavy atom. The first-order valence-corrected chi connectivity index (χ1v) is 7.07. The second-order valence-electron chi connectivity index (χ2n) is 5.26. The summed E-state index contributed by atoms with van der Waals surface area (Å²) in [6.07, 6.45) is 2.71. The Morgan fingerprint density at radius 1 is 1.26 bits per heavy atom. The van der Waals surface area contributed by atoms with Crippen molar-refractivity contribution in [3.05, 3.63) is 47.5 Å². The highest BCUT2D eigenvalue weighted by Crippen LogP contribution is 2.39. The molecule has 98 valence electrons. The molecule has 0 unspecified atom stereocenters. The van der Waals surface area contributed by atoms with Gasteiger partial charge < -0.3 is 5.32 Å². The molecule has 2 heteroatoms. The largest absolute Gasteiger partial charge is 0.356 e. The second kappa shape index (κ2) is 5.04. The number of rotatable bonds is 4. The number of benzene rings is 2. The molecule has 0 aromatic heterocycles. The van der Waals surface area contributed by atoms with Crippen molar-refractivity contribution in [2.24, 2.45) is 0 Å². The highest BCUT2D eigenvalue weighted by atomic mass is 16.1. The summed E-state index contributed by atoms with van der Waals surface area (Å²) >= 11 is 0. The van der Waals surface area contributed by atoms with E-state index in [1.54, 1.807) is 0 Å². The highest BCUT2D eigenvalue weighted by Gasteiger charge is 2.23. The Kier molecular flexibility index (Phi) is 3.24. The minimum absolute atomic E-state index is 0.147. The van der Waals surface area contributed by atoms with E-state index in [1.807, 2.05) is 6.92 Å². The third-order valence-electron chi connectivity index (χ3n) is 4.07. The van der Waals surface area contributed by atoms with Crippen molar-refractivity contribution in [3.63, 3.8) is 0 Å². The van der Waals surface area contributed by atoms with Crippen molar-refractivity contribution in [2.75, 3.05) is 6.54 Å². The Balaban J connectivity index is 1.78. The summed E-state index contributed by atoms with van der Waals surface area (Å²) in [5, 5.41) is 5.76. The van der Waals surface area contributed by atoms with E-state index in [4.69, 9.17) is 0 Å². The predicted molar refractivity (Wildman–Crippen MR) is 78.3 cm³/mol. The fourth-order valence-electron chi connectivity index (χ4n) is 3.10. The van der Waals surface area contributed by atoms with Crippen LogP contribution in [0, 0.1) is 0 Å². The smallest absolute Gasteiger partial charge is 0.219 e. The van der Waals surface area contributed by atoms with Crippen molar-refractivity contribution in [3.8, 4) is 0 Å². The van der Waals surface area contributed by atoms with Gasteiger partial charge in [-0.15, -0.1) is 0 Å². The molecule has 1 amide bonds. The minimum atomic E-state index is 0.147. The van der Waals surface area contributed by atoms with Crippen LogP contribution in [0.15, 0.2) is 36.4 Å². The van der Waals surface area contributed by atoms with E-state index in [-0.39, 0.29) is 5.91 Å².